The van der Waals surface area contributed by atoms with Gasteiger partial charge >= 0.3 is 23.5 Å². The van der Waals surface area contributed by atoms with Crippen LogP contribution >= 0.6 is 35.2 Å². The van der Waals surface area contributed by atoms with Gasteiger partial charge in [-0.2, -0.15) is 4.31 Å². The summed E-state index contributed by atoms with van der Waals surface area (Å²) in [4.78, 5) is 97.1. The third-order valence-corrected chi connectivity index (χ3v) is 11.5. The van der Waals surface area contributed by atoms with Crippen LogP contribution in [0.1, 0.15) is 33.6 Å². The molecule has 2 aromatic rings. The van der Waals surface area contributed by atoms with Gasteiger partial charge in [-0.25, -0.2) is 28.6 Å². The predicted molar refractivity (Wildman–Crippen MR) is 182 cm³/mol. The van der Waals surface area contributed by atoms with Crippen LogP contribution in [0.2, 0.25) is 0 Å². The zero-order chi connectivity index (χ0) is 40.7. The van der Waals surface area contributed by atoms with Crippen molar-refractivity contribution in [1.82, 2.24) is 30.2 Å². The minimum atomic E-state index is -5.60. The van der Waals surface area contributed by atoms with Gasteiger partial charge in [0.05, 0.1) is 26.0 Å². The Morgan fingerprint density at radius 2 is 1.78 bits per heavy atom. The van der Waals surface area contributed by atoms with Crippen LogP contribution in [0.3, 0.4) is 0 Å². The second-order valence-electron chi connectivity index (χ2n) is 12.2. The molecule has 7 unspecified atom stereocenters. The lowest BCUT2D eigenvalue weighted by molar-refractivity contribution is -0.137. The Morgan fingerprint density at radius 3 is 2.43 bits per heavy atom. The first kappa shape index (κ1) is 45.6. The van der Waals surface area contributed by atoms with E-state index in [1.54, 1.807) is 0 Å². The number of phosphoric acid groups is 3. The second kappa shape index (κ2) is 18.4. The zero-order valence-electron chi connectivity index (χ0n) is 28.7. The number of rotatable bonds is 21. The lowest BCUT2D eigenvalue weighted by atomic mass is 9.87. The Hall–Kier alpha value is -2.77. The van der Waals surface area contributed by atoms with Gasteiger partial charge < -0.3 is 55.7 Å². The van der Waals surface area contributed by atoms with Gasteiger partial charge in [0, 0.05) is 30.7 Å². The molecular weight excluding hydrogens is 811 g/mol. The molecule has 10 N–H and O–H groups in total. The van der Waals surface area contributed by atoms with Crippen molar-refractivity contribution in [3.8, 4) is 0 Å². The maximum Gasteiger partial charge on any atom is 0.481 e. The lowest BCUT2D eigenvalue weighted by Gasteiger charge is -2.30. The molecule has 3 rings (SSSR count). The number of nitrogen functional groups attached to an aromatic ring is 1. The fourth-order valence-corrected chi connectivity index (χ4v) is 8.17. The van der Waals surface area contributed by atoms with Crippen LogP contribution in [0.4, 0.5) is 5.82 Å². The summed E-state index contributed by atoms with van der Waals surface area (Å²) in [6.07, 6.45) is -5.38. The van der Waals surface area contributed by atoms with Crippen LogP contribution in [-0.2, 0) is 61.2 Å². The molecule has 2 aromatic heterocycles. The van der Waals surface area contributed by atoms with Crippen LogP contribution in [-0.4, -0.2) is 129 Å². The van der Waals surface area contributed by atoms with Gasteiger partial charge in [-0.05, 0) is 6.92 Å². The number of nitrogens with one attached hydrogen (secondary N) is 2. The van der Waals surface area contributed by atoms with Gasteiger partial charge in [0.15, 0.2) is 22.3 Å². The molecule has 29 heteroatoms. The molecule has 54 heavy (non-hydrogen) atoms. The van der Waals surface area contributed by atoms with Crippen molar-refractivity contribution < 1.29 is 85.3 Å². The minimum Gasteiger partial charge on any atom is -0.385 e. The molecule has 304 valence electrons. The number of nitrogens with two attached hydrogens (primary N) is 1. The molecular formula is C25H40N7O18P3S. The molecule has 0 aromatic carbocycles. The quantitative estimate of drug-likeness (QED) is 0.0296. The molecule has 2 amide bonds. The van der Waals surface area contributed by atoms with Gasteiger partial charge in [0.2, 0.25) is 11.8 Å². The number of nitrogens with zero attached hydrogens (tertiary/aromatic N) is 4. The number of amides is 2. The standard InChI is InChI=1S/C25H40N7O18P3S/c1-24(2,20(37)23(38)28-6-4-15(34)27-7-9-54-16(35)5-8-33)11-47-53(44,45)50-52(42,43)46-10-14-18(49-51(39,40)41)19(36)25(3,48-14)32-13-31-17-21(26)29-12-30-22(17)32/h8,12-14,18-20,36-37H,4-7,9-11H2,1-3H3,(H,27,34)(H,28,38)(H,42,43)(H,44,45)(H2,26,29,30)(H2,39,40,41). The van der Waals surface area contributed by atoms with Crippen molar-refractivity contribution in [2.24, 2.45) is 5.41 Å². The summed E-state index contributed by atoms with van der Waals surface area (Å²) in [7, 11) is -16.5. The molecule has 25 nitrogen and oxygen atoms in total. The highest BCUT2D eigenvalue weighted by atomic mass is 32.2. The normalized spacial score (nSPS) is 23.3. The van der Waals surface area contributed by atoms with Crippen LogP contribution < -0.4 is 16.4 Å². The van der Waals surface area contributed by atoms with Crippen molar-refractivity contribution in [3.63, 3.8) is 0 Å². The summed E-state index contributed by atoms with van der Waals surface area (Å²) < 4.78 is 62.4. The number of aliphatic hydroxyl groups is 2. The van der Waals surface area contributed by atoms with Crippen molar-refractivity contribution in [3.05, 3.63) is 12.7 Å². The van der Waals surface area contributed by atoms with E-state index in [0.717, 1.165) is 29.0 Å². The number of anilines is 1. The van der Waals surface area contributed by atoms with E-state index in [2.05, 4.69) is 34.4 Å². The molecule has 0 radical (unpaired) electrons. The number of hydrogen-bond donors (Lipinski definition) is 9. The number of imidazole rings is 1. The van der Waals surface area contributed by atoms with E-state index in [0.29, 0.717) is 6.29 Å². The number of aromatic nitrogens is 4. The van der Waals surface area contributed by atoms with E-state index < -0.39 is 84.1 Å². The number of aldehydes is 1. The first-order chi connectivity index (χ1) is 24.9. The fraction of sp³-hybridized carbons (Fsp3) is 0.640. The van der Waals surface area contributed by atoms with E-state index in [4.69, 9.17) is 19.5 Å². The Kier molecular flexibility index (Phi) is 15.6. The largest absolute Gasteiger partial charge is 0.481 e. The molecule has 1 fully saturated rings. The first-order valence-corrected chi connectivity index (χ1v) is 20.9. The third kappa shape index (κ3) is 12.6. The topological polar surface area (TPSA) is 381 Å². The molecule has 0 bridgehead atoms. The van der Waals surface area contributed by atoms with Crippen LogP contribution in [0.5, 0.6) is 0 Å². The summed E-state index contributed by atoms with van der Waals surface area (Å²) in [6.45, 7) is 1.52. The summed E-state index contributed by atoms with van der Waals surface area (Å²) in [5, 5.41) is 26.0. The number of thioether (sulfide) groups is 1. The zero-order valence-corrected chi connectivity index (χ0v) is 32.2. The van der Waals surface area contributed by atoms with E-state index in [1.807, 2.05) is 0 Å². The van der Waals surface area contributed by atoms with Crippen molar-refractivity contribution in [1.29, 1.82) is 0 Å². The number of aliphatic hydroxyl groups excluding tert-OH is 2. The average Bonchev–Trinajstić information content (AvgIpc) is 3.60. The van der Waals surface area contributed by atoms with Gasteiger partial charge in [0.1, 0.15) is 42.5 Å². The van der Waals surface area contributed by atoms with Crippen LogP contribution in [0.25, 0.3) is 11.2 Å². The monoisotopic (exact) mass is 851 g/mol. The smallest absolute Gasteiger partial charge is 0.385 e. The van der Waals surface area contributed by atoms with E-state index >= 15 is 0 Å². The highest BCUT2D eigenvalue weighted by Crippen LogP contribution is 2.61. The third-order valence-electron chi connectivity index (χ3n) is 7.50. The van der Waals surface area contributed by atoms with Crippen LogP contribution in [0, 0.1) is 5.41 Å². The highest BCUT2D eigenvalue weighted by Gasteiger charge is 2.57. The Morgan fingerprint density at radius 1 is 1.11 bits per heavy atom. The SMILES string of the molecule is CC(C)(COP(=O)(O)OP(=O)(O)OCC1OC(C)(n2cnc3c(N)ncnc32)C(O)C1OP(=O)(O)O)C(O)C(=O)NCCC(=O)NCCSC(=O)CC=O. The van der Waals surface area contributed by atoms with Crippen molar-refractivity contribution >= 4 is 75.4 Å². The van der Waals surface area contributed by atoms with Crippen molar-refractivity contribution in [2.75, 3.05) is 37.8 Å². The van der Waals surface area contributed by atoms with Gasteiger partial charge in [-0.1, -0.05) is 25.6 Å². The van der Waals surface area contributed by atoms with Gasteiger partial charge in [-0.15, -0.1) is 0 Å². The maximum atomic E-state index is 12.7. The lowest BCUT2D eigenvalue weighted by Crippen LogP contribution is -2.46. The Bertz CT molecular complexity index is 1830. The number of phosphoric ester groups is 3. The Balaban J connectivity index is 1.55. The summed E-state index contributed by atoms with van der Waals surface area (Å²) >= 11 is 0.863. The molecule has 0 spiro atoms. The molecule has 1 aliphatic heterocycles. The number of fused-ring (bicyclic) bond motifs is 1. The molecule has 1 saturated heterocycles. The number of ether oxygens (including phenoxy) is 1. The second-order valence-corrected chi connectivity index (χ2v) is 17.6. The molecule has 7 atom stereocenters. The first-order valence-electron chi connectivity index (χ1n) is 15.4. The van der Waals surface area contributed by atoms with E-state index in [9.17, 15) is 62.7 Å². The molecule has 1 aliphatic rings. The molecule has 0 saturated carbocycles. The fourth-order valence-electron chi connectivity index (χ4n) is 4.73. The van der Waals surface area contributed by atoms with Crippen LogP contribution in [0.15, 0.2) is 12.7 Å². The predicted octanol–water partition coefficient (Wildman–Crippen LogP) is -1.57. The van der Waals surface area contributed by atoms with Crippen molar-refractivity contribution in [2.45, 2.75) is 63.8 Å². The number of hydrogen-bond acceptors (Lipinski definition) is 19. The Labute approximate surface area is 310 Å². The summed E-state index contributed by atoms with van der Waals surface area (Å²) in [5.41, 5.74) is 2.26. The molecule has 0 aliphatic carbocycles. The van der Waals surface area contributed by atoms with Gasteiger partial charge in [0.25, 0.3) is 0 Å². The summed E-state index contributed by atoms with van der Waals surface area (Å²) in [5.74, 6) is -1.33. The van der Waals surface area contributed by atoms with E-state index in [-0.39, 0.29) is 53.8 Å². The van der Waals surface area contributed by atoms with Gasteiger partial charge in [-0.3, -0.25) is 32.5 Å². The minimum absolute atomic E-state index is 0.0124. The summed E-state index contributed by atoms with van der Waals surface area (Å²) in [6, 6.07) is 0. The maximum absolute atomic E-state index is 12.7. The highest BCUT2D eigenvalue weighted by molar-refractivity contribution is 8.13. The number of carbonyl (C=O) groups is 4. The van der Waals surface area contributed by atoms with E-state index in [1.165, 1.54) is 20.8 Å². The molecule has 3 heterocycles. The average molecular weight is 852 g/mol. The number of carbonyl (C=O) groups excluding carboxylic acids is 4.